The Morgan fingerprint density at radius 1 is 1.16 bits per heavy atom. The average Bonchev–Trinajstić information content (AvgIpc) is 3.19. The van der Waals surface area contributed by atoms with Crippen LogP contribution in [0.2, 0.25) is 0 Å². The molecular formula is C25H40IN5O. The Bertz CT molecular complexity index is 787. The second kappa shape index (κ2) is 14.5. The lowest BCUT2D eigenvalue weighted by Crippen LogP contribution is -2.39. The molecule has 0 bridgehead atoms. The molecule has 7 heteroatoms. The van der Waals surface area contributed by atoms with Gasteiger partial charge in [-0.05, 0) is 43.9 Å². The molecule has 1 aliphatic rings. The van der Waals surface area contributed by atoms with E-state index in [9.17, 15) is 0 Å². The molecule has 1 aromatic carbocycles. The molecule has 178 valence electrons. The first kappa shape index (κ1) is 26.7. The van der Waals surface area contributed by atoms with Crippen LogP contribution in [0.5, 0.6) is 0 Å². The molecule has 2 heterocycles. The number of likely N-dealkylation sites (tertiary alicyclic amines) is 1. The van der Waals surface area contributed by atoms with E-state index >= 15 is 0 Å². The van der Waals surface area contributed by atoms with Crippen molar-refractivity contribution in [1.29, 1.82) is 0 Å². The fourth-order valence-electron chi connectivity index (χ4n) is 4.02. The molecule has 3 rings (SSSR count). The highest BCUT2D eigenvalue weighted by molar-refractivity contribution is 14.0. The van der Waals surface area contributed by atoms with Crippen LogP contribution in [-0.4, -0.2) is 66.3 Å². The summed E-state index contributed by atoms with van der Waals surface area (Å²) >= 11 is 0. The number of hydrogen-bond donors (Lipinski definition) is 1. The van der Waals surface area contributed by atoms with Gasteiger partial charge in [0.1, 0.15) is 0 Å². The van der Waals surface area contributed by atoms with E-state index in [2.05, 4.69) is 89.4 Å². The van der Waals surface area contributed by atoms with Gasteiger partial charge < -0.3 is 19.5 Å². The lowest BCUT2D eigenvalue weighted by molar-refractivity contribution is 0.00564. The van der Waals surface area contributed by atoms with Crippen molar-refractivity contribution in [3.05, 3.63) is 59.9 Å². The maximum absolute atomic E-state index is 6.15. The zero-order chi connectivity index (χ0) is 21.9. The summed E-state index contributed by atoms with van der Waals surface area (Å²) in [6.45, 7) is 8.67. The van der Waals surface area contributed by atoms with Crippen LogP contribution in [0.1, 0.15) is 37.4 Å². The zero-order valence-electron chi connectivity index (χ0n) is 19.9. The molecule has 1 aliphatic heterocycles. The molecule has 32 heavy (non-hydrogen) atoms. The number of hydrogen-bond acceptors (Lipinski definition) is 3. The van der Waals surface area contributed by atoms with Crippen molar-refractivity contribution in [3.63, 3.8) is 0 Å². The summed E-state index contributed by atoms with van der Waals surface area (Å²) in [5.74, 6) is 0.956. The van der Waals surface area contributed by atoms with Crippen LogP contribution < -0.4 is 5.32 Å². The molecule has 1 saturated heterocycles. The minimum Gasteiger partial charge on any atom is -0.378 e. The maximum atomic E-state index is 6.15. The van der Waals surface area contributed by atoms with Gasteiger partial charge in [0.15, 0.2) is 5.96 Å². The van der Waals surface area contributed by atoms with Gasteiger partial charge in [0, 0.05) is 65.3 Å². The number of aliphatic imine (C=N–C) groups is 1. The van der Waals surface area contributed by atoms with Crippen molar-refractivity contribution in [3.8, 4) is 0 Å². The zero-order valence-corrected chi connectivity index (χ0v) is 22.2. The number of halogens is 1. The Kier molecular flexibility index (Phi) is 12.1. The number of ether oxygens (including phenoxy) is 1. The number of rotatable bonds is 10. The third-order valence-corrected chi connectivity index (χ3v) is 5.85. The Labute approximate surface area is 211 Å². The molecule has 6 nitrogen and oxygen atoms in total. The topological polar surface area (TPSA) is 45.0 Å². The molecule has 0 unspecified atom stereocenters. The van der Waals surface area contributed by atoms with Crippen LogP contribution in [0.3, 0.4) is 0 Å². The van der Waals surface area contributed by atoms with Crippen molar-refractivity contribution in [1.82, 2.24) is 19.7 Å². The summed E-state index contributed by atoms with van der Waals surface area (Å²) in [5.41, 5.74) is 2.67. The van der Waals surface area contributed by atoms with E-state index in [0.717, 1.165) is 71.1 Å². The second-order valence-electron chi connectivity index (χ2n) is 8.39. The van der Waals surface area contributed by atoms with Crippen LogP contribution >= 0.6 is 24.0 Å². The molecule has 0 amide bonds. The first-order valence-electron chi connectivity index (χ1n) is 11.6. The number of nitrogens with zero attached hydrogens (tertiary/aromatic N) is 4. The maximum Gasteiger partial charge on any atom is 0.194 e. The largest absolute Gasteiger partial charge is 0.378 e. The molecule has 0 saturated carbocycles. The van der Waals surface area contributed by atoms with Crippen molar-refractivity contribution in [2.75, 3.05) is 39.8 Å². The molecule has 1 aromatic heterocycles. The Balaban J connectivity index is 0.00000363. The molecule has 0 atom stereocenters. The SMILES string of the molecule is CCNC(=NCCCOC1CCN(Cc2ccccc2)CC1)N(C)Cc1cccn1C.I. The van der Waals surface area contributed by atoms with Crippen LogP contribution in [0.25, 0.3) is 0 Å². The third-order valence-electron chi connectivity index (χ3n) is 5.85. The highest BCUT2D eigenvalue weighted by Gasteiger charge is 2.19. The van der Waals surface area contributed by atoms with Crippen molar-refractivity contribution >= 4 is 29.9 Å². The standard InChI is InChI=1S/C25H39N5O.HI/c1-4-26-25(29(3)21-23-12-8-16-28(23)2)27-15-9-19-31-24-13-17-30(18-14-24)20-22-10-6-5-7-11-22;/h5-8,10-12,16,24H,4,9,13-15,17-21H2,1-3H3,(H,26,27);1H. The molecule has 2 aromatic rings. The summed E-state index contributed by atoms with van der Waals surface area (Å²) < 4.78 is 8.30. The van der Waals surface area contributed by atoms with E-state index in [0.29, 0.717) is 6.10 Å². The van der Waals surface area contributed by atoms with Crippen LogP contribution in [0.15, 0.2) is 53.7 Å². The van der Waals surface area contributed by atoms with Crippen LogP contribution in [0.4, 0.5) is 0 Å². The number of piperidine rings is 1. The number of aryl methyl sites for hydroxylation is 1. The second-order valence-corrected chi connectivity index (χ2v) is 8.39. The molecule has 0 aliphatic carbocycles. The number of nitrogens with one attached hydrogen (secondary N) is 1. The van der Waals surface area contributed by atoms with Gasteiger partial charge in [-0.2, -0.15) is 0 Å². The van der Waals surface area contributed by atoms with Gasteiger partial charge in [-0.1, -0.05) is 30.3 Å². The first-order chi connectivity index (χ1) is 15.2. The van der Waals surface area contributed by atoms with Crippen molar-refractivity contribution < 1.29 is 4.74 Å². The summed E-state index contributed by atoms with van der Waals surface area (Å²) in [5, 5.41) is 3.40. The number of guanidine groups is 1. The van der Waals surface area contributed by atoms with Crippen molar-refractivity contribution in [2.45, 2.75) is 45.4 Å². The smallest absolute Gasteiger partial charge is 0.194 e. The van der Waals surface area contributed by atoms with E-state index in [1.807, 2.05) is 0 Å². The minimum atomic E-state index is 0. The highest BCUT2D eigenvalue weighted by atomic mass is 127. The lowest BCUT2D eigenvalue weighted by atomic mass is 10.1. The van der Waals surface area contributed by atoms with E-state index in [4.69, 9.17) is 9.73 Å². The van der Waals surface area contributed by atoms with Gasteiger partial charge >= 0.3 is 0 Å². The number of benzene rings is 1. The Morgan fingerprint density at radius 3 is 2.56 bits per heavy atom. The molecule has 1 fully saturated rings. The molecule has 1 N–H and O–H groups in total. The van der Waals surface area contributed by atoms with Gasteiger partial charge in [0.05, 0.1) is 12.6 Å². The van der Waals surface area contributed by atoms with Gasteiger partial charge in [-0.25, -0.2) is 0 Å². The normalized spacial score (nSPS) is 15.4. The summed E-state index contributed by atoms with van der Waals surface area (Å²) in [6, 6.07) is 15.0. The Hall–Kier alpha value is -1.58. The van der Waals surface area contributed by atoms with Crippen molar-refractivity contribution in [2.24, 2.45) is 12.0 Å². The molecule has 0 spiro atoms. The van der Waals surface area contributed by atoms with Gasteiger partial charge in [-0.3, -0.25) is 9.89 Å². The fourth-order valence-corrected chi connectivity index (χ4v) is 4.02. The predicted molar refractivity (Wildman–Crippen MR) is 144 cm³/mol. The average molecular weight is 554 g/mol. The van der Waals surface area contributed by atoms with Gasteiger partial charge in [-0.15, -0.1) is 24.0 Å². The highest BCUT2D eigenvalue weighted by Crippen LogP contribution is 2.16. The van der Waals surface area contributed by atoms with Crippen LogP contribution in [-0.2, 0) is 24.9 Å². The van der Waals surface area contributed by atoms with Gasteiger partial charge in [0.2, 0.25) is 0 Å². The lowest BCUT2D eigenvalue weighted by Gasteiger charge is -2.31. The summed E-state index contributed by atoms with van der Waals surface area (Å²) in [6.07, 6.45) is 5.67. The Morgan fingerprint density at radius 2 is 1.91 bits per heavy atom. The quantitative estimate of drug-likeness (QED) is 0.208. The van der Waals surface area contributed by atoms with E-state index in [1.54, 1.807) is 0 Å². The van der Waals surface area contributed by atoms with E-state index in [1.165, 1.54) is 11.3 Å². The van der Waals surface area contributed by atoms with E-state index < -0.39 is 0 Å². The monoisotopic (exact) mass is 553 g/mol. The summed E-state index contributed by atoms with van der Waals surface area (Å²) in [4.78, 5) is 9.51. The van der Waals surface area contributed by atoms with Crippen LogP contribution in [0, 0.1) is 0 Å². The fraction of sp³-hybridized carbons (Fsp3) is 0.560. The molecule has 0 radical (unpaired) electrons. The predicted octanol–water partition coefficient (Wildman–Crippen LogP) is 4.11. The summed E-state index contributed by atoms with van der Waals surface area (Å²) in [7, 11) is 4.17. The van der Waals surface area contributed by atoms with Gasteiger partial charge in [0.25, 0.3) is 0 Å². The first-order valence-corrected chi connectivity index (χ1v) is 11.6. The minimum absolute atomic E-state index is 0. The third kappa shape index (κ3) is 8.75. The number of aromatic nitrogens is 1. The molecular weight excluding hydrogens is 513 g/mol. The van der Waals surface area contributed by atoms with E-state index in [-0.39, 0.29) is 24.0 Å².